The van der Waals surface area contributed by atoms with E-state index >= 15 is 0 Å². The standard InChI is InChI=1S/C14H20ClNO3S/c1-10-5-4-6-16(9-10)20(17,18)14-8-12(15)11(2)7-13(14)19-3/h7-8,10H,4-6,9H2,1-3H3/t10-/m0/s1. The molecule has 0 unspecified atom stereocenters. The Balaban J connectivity index is 2.46. The van der Waals surface area contributed by atoms with Crippen LogP contribution in [0.15, 0.2) is 17.0 Å². The van der Waals surface area contributed by atoms with Gasteiger partial charge in [0.2, 0.25) is 10.0 Å². The summed E-state index contributed by atoms with van der Waals surface area (Å²) in [5.74, 6) is 0.732. The van der Waals surface area contributed by atoms with Crippen molar-refractivity contribution in [1.82, 2.24) is 4.31 Å². The van der Waals surface area contributed by atoms with E-state index in [1.807, 2.05) is 6.92 Å². The molecule has 2 rings (SSSR count). The van der Waals surface area contributed by atoms with E-state index in [1.165, 1.54) is 17.5 Å². The SMILES string of the molecule is COc1cc(C)c(Cl)cc1S(=O)(=O)N1CCC[C@H](C)C1. The van der Waals surface area contributed by atoms with Crippen molar-refractivity contribution in [1.29, 1.82) is 0 Å². The Morgan fingerprint density at radius 1 is 1.40 bits per heavy atom. The number of piperidine rings is 1. The lowest BCUT2D eigenvalue weighted by Crippen LogP contribution is -2.39. The van der Waals surface area contributed by atoms with Crippen molar-refractivity contribution in [3.05, 3.63) is 22.7 Å². The number of ether oxygens (including phenoxy) is 1. The van der Waals surface area contributed by atoms with Crippen LogP contribution in [0, 0.1) is 12.8 Å². The van der Waals surface area contributed by atoms with Gasteiger partial charge in [-0.15, -0.1) is 0 Å². The molecule has 0 bridgehead atoms. The zero-order valence-corrected chi connectivity index (χ0v) is 13.6. The van der Waals surface area contributed by atoms with Crippen molar-refractivity contribution in [2.75, 3.05) is 20.2 Å². The van der Waals surface area contributed by atoms with E-state index in [9.17, 15) is 8.42 Å². The van der Waals surface area contributed by atoms with Gasteiger partial charge in [-0.2, -0.15) is 4.31 Å². The Bertz CT molecular complexity index is 601. The van der Waals surface area contributed by atoms with E-state index in [0.29, 0.717) is 29.8 Å². The first-order valence-corrected chi connectivity index (χ1v) is 8.52. The van der Waals surface area contributed by atoms with Gasteiger partial charge in [-0.1, -0.05) is 18.5 Å². The highest BCUT2D eigenvalue weighted by Crippen LogP contribution is 2.33. The number of benzene rings is 1. The first kappa shape index (κ1) is 15.6. The number of hydrogen-bond acceptors (Lipinski definition) is 3. The summed E-state index contributed by atoms with van der Waals surface area (Å²) >= 11 is 6.08. The Hall–Kier alpha value is -0.780. The summed E-state index contributed by atoms with van der Waals surface area (Å²) in [5, 5.41) is 0.439. The van der Waals surface area contributed by atoms with Crippen LogP contribution in [0.1, 0.15) is 25.3 Å². The molecule has 1 heterocycles. The topological polar surface area (TPSA) is 46.6 Å². The second-order valence-corrected chi connectivity index (χ2v) is 7.68. The molecule has 6 heteroatoms. The van der Waals surface area contributed by atoms with Crippen molar-refractivity contribution >= 4 is 21.6 Å². The van der Waals surface area contributed by atoms with Gasteiger partial charge in [0.05, 0.1) is 7.11 Å². The van der Waals surface area contributed by atoms with Gasteiger partial charge in [0.1, 0.15) is 10.6 Å². The summed E-state index contributed by atoms with van der Waals surface area (Å²) in [6, 6.07) is 3.16. The van der Waals surface area contributed by atoms with Crippen molar-refractivity contribution in [2.45, 2.75) is 31.6 Å². The fraction of sp³-hybridized carbons (Fsp3) is 0.571. The molecule has 1 fully saturated rings. The monoisotopic (exact) mass is 317 g/mol. The molecule has 112 valence electrons. The fourth-order valence-corrected chi connectivity index (χ4v) is 4.49. The molecule has 1 aliphatic heterocycles. The quantitative estimate of drug-likeness (QED) is 0.860. The average molecular weight is 318 g/mol. The molecule has 0 aliphatic carbocycles. The van der Waals surface area contributed by atoms with Crippen LogP contribution >= 0.6 is 11.6 Å². The smallest absolute Gasteiger partial charge is 0.246 e. The lowest BCUT2D eigenvalue weighted by Gasteiger charge is -2.30. The van der Waals surface area contributed by atoms with E-state index in [2.05, 4.69) is 6.92 Å². The van der Waals surface area contributed by atoms with Crippen LogP contribution in [0.2, 0.25) is 5.02 Å². The molecule has 0 saturated carbocycles. The largest absolute Gasteiger partial charge is 0.495 e. The highest BCUT2D eigenvalue weighted by atomic mass is 35.5. The summed E-state index contributed by atoms with van der Waals surface area (Å²) < 4.78 is 32.3. The maximum Gasteiger partial charge on any atom is 0.246 e. The molecular formula is C14H20ClNO3S. The third kappa shape index (κ3) is 2.95. The number of sulfonamides is 1. The summed E-state index contributed by atoms with van der Waals surface area (Å²) in [4.78, 5) is 0.157. The Morgan fingerprint density at radius 2 is 2.10 bits per heavy atom. The zero-order chi connectivity index (χ0) is 14.9. The normalized spacial score (nSPS) is 20.9. The van der Waals surface area contributed by atoms with Gasteiger partial charge >= 0.3 is 0 Å². The summed E-state index contributed by atoms with van der Waals surface area (Å²) in [7, 11) is -2.08. The minimum absolute atomic E-state index is 0.157. The van der Waals surface area contributed by atoms with E-state index < -0.39 is 10.0 Å². The molecule has 1 atom stereocenters. The molecule has 0 N–H and O–H groups in total. The van der Waals surface area contributed by atoms with Crippen LogP contribution in [0.5, 0.6) is 5.75 Å². The zero-order valence-electron chi connectivity index (χ0n) is 12.0. The van der Waals surface area contributed by atoms with Gasteiger partial charge in [-0.25, -0.2) is 8.42 Å². The predicted molar refractivity (Wildman–Crippen MR) is 79.9 cm³/mol. The number of aryl methyl sites for hydroxylation is 1. The summed E-state index contributed by atoms with van der Waals surface area (Å²) in [6.45, 7) is 5.00. The molecule has 0 radical (unpaired) electrons. The highest BCUT2D eigenvalue weighted by Gasteiger charge is 2.31. The number of rotatable bonds is 3. The summed E-state index contributed by atoms with van der Waals surface area (Å²) in [5.41, 5.74) is 0.800. The molecule has 0 spiro atoms. The lowest BCUT2D eigenvalue weighted by molar-refractivity contribution is 0.280. The molecule has 1 saturated heterocycles. The number of halogens is 1. The third-order valence-corrected chi connectivity index (χ3v) is 5.98. The van der Waals surface area contributed by atoms with Crippen molar-refractivity contribution in [3.8, 4) is 5.75 Å². The second kappa shape index (κ2) is 5.92. The first-order chi connectivity index (χ1) is 9.36. The maximum atomic E-state index is 12.8. The average Bonchev–Trinajstić information content (AvgIpc) is 2.41. The van der Waals surface area contributed by atoms with Crippen LogP contribution < -0.4 is 4.74 Å². The first-order valence-electron chi connectivity index (χ1n) is 6.70. The van der Waals surface area contributed by atoms with Gasteiger partial charge in [0.25, 0.3) is 0 Å². The molecule has 0 amide bonds. The number of methoxy groups -OCH3 is 1. The van der Waals surface area contributed by atoms with Crippen molar-refractivity contribution in [2.24, 2.45) is 5.92 Å². The highest BCUT2D eigenvalue weighted by molar-refractivity contribution is 7.89. The van der Waals surface area contributed by atoms with Crippen LogP contribution in [0.25, 0.3) is 0 Å². The Morgan fingerprint density at radius 3 is 2.70 bits per heavy atom. The van der Waals surface area contributed by atoms with Crippen molar-refractivity contribution < 1.29 is 13.2 Å². The van der Waals surface area contributed by atoms with Gasteiger partial charge in [0.15, 0.2) is 0 Å². The third-order valence-electron chi connectivity index (χ3n) is 3.68. The molecular weight excluding hydrogens is 298 g/mol. The number of hydrogen-bond donors (Lipinski definition) is 0. The Labute approximate surface area is 125 Å². The number of nitrogens with zero attached hydrogens (tertiary/aromatic N) is 1. The van der Waals surface area contributed by atoms with Crippen LogP contribution in [0.3, 0.4) is 0 Å². The van der Waals surface area contributed by atoms with Gasteiger partial charge in [-0.3, -0.25) is 0 Å². The van der Waals surface area contributed by atoms with Gasteiger partial charge in [-0.05, 0) is 43.4 Å². The fourth-order valence-electron chi connectivity index (χ4n) is 2.50. The van der Waals surface area contributed by atoms with E-state index in [1.54, 1.807) is 6.07 Å². The second-order valence-electron chi connectivity index (χ2n) is 5.36. The molecule has 1 aliphatic rings. The molecule has 0 aromatic heterocycles. The van der Waals surface area contributed by atoms with E-state index in [0.717, 1.165) is 18.4 Å². The van der Waals surface area contributed by atoms with E-state index in [4.69, 9.17) is 16.3 Å². The molecule has 4 nitrogen and oxygen atoms in total. The molecule has 20 heavy (non-hydrogen) atoms. The van der Waals surface area contributed by atoms with Gasteiger partial charge in [0, 0.05) is 18.1 Å². The van der Waals surface area contributed by atoms with Gasteiger partial charge < -0.3 is 4.74 Å². The lowest BCUT2D eigenvalue weighted by atomic mass is 10.0. The van der Waals surface area contributed by atoms with Crippen LogP contribution in [-0.2, 0) is 10.0 Å². The molecule has 1 aromatic rings. The minimum atomic E-state index is -3.55. The minimum Gasteiger partial charge on any atom is -0.495 e. The maximum absolute atomic E-state index is 12.8. The van der Waals surface area contributed by atoms with Crippen molar-refractivity contribution in [3.63, 3.8) is 0 Å². The molecule has 1 aromatic carbocycles. The van der Waals surface area contributed by atoms with Crippen LogP contribution in [-0.4, -0.2) is 32.9 Å². The summed E-state index contributed by atoms with van der Waals surface area (Å²) in [6.07, 6.45) is 1.96. The van der Waals surface area contributed by atoms with E-state index in [-0.39, 0.29) is 4.90 Å². The predicted octanol–water partition coefficient (Wildman–Crippen LogP) is 3.08. The van der Waals surface area contributed by atoms with Crippen LogP contribution in [0.4, 0.5) is 0 Å². The Kier molecular flexibility index (Phi) is 4.62.